The maximum absolute atomic E-state index is 12.2. The summed E-state index contributed by atoms with van der Waals surface area (Å²) in [6.45, 7) is 0. The Hall–Kier alpha value is -1.85. The summed E-state index contributed by atoms with van der Waals surface area (Å²) in [5.41, 5.74) is 4.21. The number of fused-ring (bicyclic) bond motifs is 1. The van der Waals surface area contributed by atoms with E-state index < -0.39 is 0 Å². The van der Waals surface area contributed by atoms with Gasteiger partial charge in [-0.25, -0.2) is 4.98 Å². The summed E-state index contributed by atoms with van der Waals surface area (Å²) in [6, 6.07) is 13.3. The number of thiazole rings is 1. The molecule has 0 bridgehead atoms. The van der Waals surface area contributed by atoms with Crippen molar-refractivity contribution in [1.29, 1.82) is 0 Å². The number of aromatic nitrogens is 1. The summed E-state index contributed by atoms with van der Waals surface area (Å²) < 4.78 is 1.07. The Morgan fingerprint density at radius 2 is 2.00 bits per heavy atom. The van der Waals surface area contributed by atoms with Gasteiger partial charge in [-0.2, -0.15) is 0 Å². The molecule has 100 valence electrons. The third-order valence-corrected chi connectivity index (χ3v) is 4.48. The zero-order valence-corrected chi connectivity index (χ0v) is 12.4. The van der Waals surface area contributed by atoms with Gasteiger partial charge in [-0.15, -0.1) is 23.1 Å². The average Bonchev–Trinajstić information content (AvgIpc) is 2.95. The van der Waals surface area contributed by atoms with Crippen molar-refractivity contribution in [2.24, 2.45) is 0 Å². The second kappa shape index (κ2) is 5.64. The minimum atomic E-state index is -0.0958. The lowest BCUT2D eigenvalue weighted by atomic mass is 10.2. The molecule has 0 saturated carbocycles. The highest BCUT2D eigenvalue weighted by Gasteiger charge is 2.07. The molecule has 5 heteroatoms. The molecule has 1 N–H and O–H groups in total. The van der Waals surface area contributed by atoms with Gasteiger partial charge in [0.05, 0.1) is 15.7 Å². The van der Waals surface area contributed by atoms with E-state index in [-0.39, 0.29) is 5.91 Å². The van der Waals surface area contributed by atoms with E-state index in [9.17, 15) is 4.79 Å². The van der Waals surface area contributed by atoms with Gasteiger partial charge in [0, 0.05) is 16.1 Å². The molecule has 20 heavy (non-hydrogen) atoms. The fourth-order valence-electron chi connectivity index (χ4n) is 1.88. The number of nitrogens with one attached hydrogen (secondary N) is 1. The number of thioether (sulfide) groups is 1. The third-order valence-electron chi connectivity index (χ3n) is 2.94. The van der Waals surface area contributed by atoms with Crippen molar-refractivity contribution >= 4 is 44.9 Å². The predicted octanol–water partition coefficient (Wildman–Crippen LogP) is 4.27. The second-order valence-electron chi connectivity index (χ2n) is 4.22. The fourth-order valence-corrected chi connectivity index (χ4v) is 3.00. The van der Waals surface area contributed by atoms with Crippen molar-refractivity contribution in [2.75, 3.05) is 11.6 Å². The highest BCUT2D eigenvalue weighted by Crippen LogP contribution is 2.22. The van der Waals surface area contributed by atoms with E-state index in [0.717, 1.165) is 20.8 Å². The van der Waals surface area contributed by atoms with E-state index in [0.29, 0.717) is 5.56 Å². The maximum Gasteiger partial charge on any atom is 0.255 e. The summed E-state index contributed by atoms with van der Waals surface area (Å²) in [4.78, 5) is 17.5. The molecule has 1 heterocycles. The number of carbonyl (C=O) groups excluding carboxylic acids is 1. The van der Waals surface area contributed by atoms with Crippen molar-refractivity contribution in [2.45, 2.75) is 4.90 Å². The Balaban J connectivity index is 1.80. The number of anilines is 1. The molecule has 0 unspecified atom stereocenters. The Bertz CT molecular complexity index is 750. The number of nitrogens with zero attached hydrogens (tertiary/aromatic N) is 1. The van der Waals surface area contributed by atoms with Crippen LogP contribution < -0.4 is 5.32 Å². The first-order valence-corrected chi connectivity index (χ1v) is 8.15. The van der Waals surface area contributed by atoms with Gasteiger partial charge < -0.3 is 5.32 Å². The number of rotatable bonds is 3. The zero-order valence-electron chi connectivity index (χ0n) is 10.8. The van der Waals surface area contributed by atoms with Gasteiger partial charge in [0.15, 0.2) is 0 Å². The molecule has 0 radical (unpaired) electrons. The third kappa shape index (κ3) is 2.69. The minimum absolute atomic E-state index is 0.0958. The molecule has 0 aliphatic carbocycles. The van der Waals surface area contributed by atoms with Gasteiger partial charge in [-0.1, -0.05) is 0 Å². The lowest BCUT2D eigenvalue weighted by Gasteiger charge is -2.05. The number of hydrogen-bond donors (Lipinski definition) is 1. The van der Waals surface area contributed by atoms with E-state index in [1.807, 2.05) is 48.7 Å². The molecule has 1 aromatic heterocycles. The fraction of sp³-hybridized carbons (Fsp3) is 0.0667. The van der Waals surface area contributed by atoms with Crippen LogP contribution in [0.1, 0.15) is 10.4 Å². The smallest absolute Gasteiger partial charge is 0.255 e. The van der Waals surface area contributed by atoms with Gasteiger partial charge in [0.25, 0.3) is 5.91 Å². The highest BCUT2D eigenvalue weighted by molar-refractivity contribution is 7.98. The molecular weight excluding hydrogens is 288 g/mol. The molecule has 0 aliphatic heterocycles. The lowest BCUT2D eigenvalue weighted by Crippen LogP contribution is -2.11. The molecule has 0 fully saturated rings. The maximum atomic E-state index is 12.2. The first kappa shape index (κ1) is 13.1. The first-order chi connectivity index (χ1) is 9.76. The van der Waals surface area contributed by atoms with Crippen molar-refractivity contribution in [1.82, 2.24) is 4.98 Å². The number of hydrogen-bond acceptors (Lipinski definition) is 4. The van der Waals surface area contributed by atoms with Crippen LogP contribution in [-0.2, 0) is 0 Å². The van der Waals surface area contributed by atoms with E-state index in [4.69, 9.17) is 0 Å². The van der Waals surface area contributed by atoms with Crippen LogP contribution in [-0.4, -0.2) is 17.1 Å². The van der Waals surface area contributed by atoms with Crippen LogP contribution in [0.5, 0.6) is 0 Å². The number of carbonyl (C=O) groups is 1. The normalized spacial score (nSPS) is 10.7. The molecule has 0 aliphatic rings. The molecule has 3 nitrogen and oxygen atoms in total. The van der Waals surface area contributed by atoms with Gasteiger partial charge in [0.1, 0.15) is 0 Å². The summed E-state index contributed by atoms with van der Waals surface area (Å²) in [7, 11) is 0. The van der Waals surface area contributed by atoms with Crippen LogP contribution in [0.3, 0.4) is 0 Å². The van der Waals surface area contributed by atoms with Crippen LogP contribution in [0.25, 0.3) is 10.2 Å². The second-order valence-corrected chi connectivity index (χ2v) is 5.98. The van der Waals surface area contributed by atoms with E-state index in [1.54, 1.807) is 28.6 Å². The molecule has 0 atom stereocenters. The lowest BCUT2D eigenvalue weighted by molar-refractivity contribution is 0.102. The Morgan fingerprint density at radius 3 is 2.75 bits per heavy atom. The van der Waals surface area contributed by atoms with Crippen molar-refractivity contribution in [3.8, 4) is 0 Å². The van der Waals surface area contributed by atoms with Gasteiger partial charge >= 0.3 is 0 Å². The Morgan fingerprint density at radius 1 is 1.20 bits per heavy atom. The van der Waals surface area contributed by atoms with Gasteiger partial charge in [0.2, 0.25) is 0 Å². The monoisotopic (exact) mass is 300 g/mol. The first-order valence-electron chi connectivity index (χ1n) is 6.05. The quantitative estimate of drug-likeness (QED) is 0.734. The molecule has 1 amide bonds. The van der Waals surface area contributed by atoms with E-state index in [1.165, 1.54) is 0 Å². The average molecular weight is 300 g/mol. The number of benzene rings is 2. The van der Waals surface area contributed by atoms with Crippen LogP contribution >= 0.6 is 23.1 Å². The van der Waals surface area contributed by atoms with Crippen molar-refractivity contribution < 1.29 is 4.79 Å². The van der Waals surface area contributed by atoms with E-state index >= 15 is 0 Å². The number of amides is 1. The largest absolute Gasteiger partial charge is 0.322 e. The summed E-state index contributed by atoms with van der Waals surface area (Å²) in [5, 5.41) is 2.91. The predicted molar refractivity (Wildman–Crippen MR) is 85.8 cm³/mol. The van der Waals surface area contributed by atoms with E-state index in [2.05, 4.69) is 10.3 Å². The van der Waals surface area contributed by atoms with Crippen LogP contribution in [0.4, 0.5) is 5.69 Å². The zero-order chi connectivity index (χ0) is 13.9. The van der Waals surface area contributed by atoms with Crippen LogP contribution in [0, 0.1) is 0 Å². The Kier molecular flexibility index (Phi) is 3.71. The standard InChI is InChI=1S/C15H12N2OS2/c1-19-12-5-2-10(3-6-12)15(18)17-11-4-7-13-14(8-11)20-9-16-13/h2-9H,1H3,(H,17,18). The van der Waals surface area contributed by atoms with Crippen molar-refractivity contribution in [3.63, 3.8) is 0 Å². The Labute approximate surface area is 125 Å². The molecule has 0 spiro atoms. The summed E-state index contributed by atoms with van der Waals surface area (Å²) in [5.74, 6) is -0.0958. The molecule has 2 aromatic carbocycles. The van der Waals surface area contributed by atoms with Crippen molar-refractivity contribution in [3.05, 3.63) is 53.5 Å². The topological polar surface area (TPSA) is 42.0 Å². The molecular formula is C15H12N2OS2. The highest BCUT2D eigenvalue weighted by atomic mass is 32.2. The SMILES string of the molecule is CSc1ccc(C(=O)Nc2ccc3ncsc3c2)cc1. The molecule has 3 aromatic rings. The van der Waals surface area contributed by atoms with Gasteiger partial charge in [-0.05, 0) is 48.7 Å². The molecule has 0 saturated heterocycles. The van der Waals surface area contributed by atoms with Crippen LogP contribution in [0.15, 0.2) is 52.9 Å². The minimum Gasteiger partial charge on any atom is -0.322 e. The van der Waals surface area contributed by atoms with Gasteiger partial charge in [-0.3, -0.25) is 4.79 Å². The summed E-state index contributed by atoms with van der Waals surface area (Å²) in [6.07, 6.45) is 2.01. The molecule has 3 rings (SSSR count). The van der Waals surface area contributed by atoms with Crippen LogP contribution in [0.2, 0.25) is 0 Å². The summed E-state index contributed by atoms with van der Waals surface area (Å²) >= 11 is 3.22.